The molecule has 4 rings (SSSR count). The Morgan fingerprint density at radius 3 is 2.67 bits per heavy atom. The SMILES string of the molecule is O=C(OCC(=O)N1c2ccccc2OC[C@@H]1c1ccccc1)c1ccn[nH]1. The van der Waals surface area contributed by atoms with Gasteiger partial charge in [-0.2, -0.15) is 5.10 Å². The first-order valence-corrected chi connectivity index (χ1v) is 8.49. The molecule has 27 heavy (non-hydrogen) atoms. The van der Waals surface area contributed by atoms with E-state index < -0.39 is 5.97 Å². The van der Waals surface area contributed by atoms with Crippen LogP contribution in [-0.2, 0) is 9.53 Å². The number of aromatic amines is 1. The van der Waals surface area contributed by atoms with Gasteiger partial charge in [0.05, 0.1) is 11.7 Å². The number of esters is 1. The topological polar surface area (TPSA) is 84.5 Å². The molecule has 0 saturated carbocycles. The summed E-state index contributed by atoms with van der Waals surface area (Å²) in [6.45, 7) is -0.0587. The Morgan fingerprint density at radius 1 is 1.11 bits per heavy atom. The smallest absolute Gasteiger partial charge is 0.356 e. The van der Waals surface area contributed by atoms with Crippen LogP contribution in [-0.4, -0.2) is 35.3 Å². The summed E-state index contributed by atoms with van der Waals surface area (Å²) < 4.78 is 11.0. The summed E-state index contributed by atoms with van der Waals surface area (Å²) in [4.78, 5) is 26.6. The summed E-state index contributed by atoms with van der Waals surface area (Å²) in [6.07, 6.45) is 1.45. The van der Waals surface area contributed by atoms with Gasteiger partial charge in [-0.05, 0) is 23.8 Å². The predicted octanol–water partition coefficient (Wildman–Crippen LogP) is 2.73. The third-order valence-electron chi connectivity index (χ3n) is 4.33. The van der Waals surface area contributed by atoms with Crippen LogP contribution < -0.4 is 9.64 Å². The van der Waals surface area contributed by atoms with Crippen molar-refractivity contribution in [2.45, 2.75) is 6.04 Å². The first kappa shape index (κ1) is 16.8. The van der Waals surface area contributed by atoms with Crippen molar-refractivity contribution in [1.82, 2.24) is 10.2 Å². The fourth-order valence-corrected chi connectivity index (χ4v) is 3.06. The molecule has 2 aromatic carbocycles. The summed E-state index contributed by atoms with van der Waals surface area (Å²) in [7, 11) is 0. The van der Waals surface area contributed by atoms with Crippen LogP contribution in [0.25, 0.3) is 0 Å². The van der Waals surface area contributed by atoms with Gasteiger partial charge in [-0.3, -0.25) is 14.8 Å². The minimum Gasteiger partial charge on any atom is -0.489 e. The van der Waals surface area contributed by atoms with Crippen molar-refractivity contribution >= 4 is 17.6 Å². The van der Waals surface area contributed by atoms with E-state index in [1.165, 1.54) is 12.3 Å². The molecule has 0 fully saturated rings. The second kappa shape index (κ2) is 7.33. The lowest BCUT2D eigenvalue weighted by Gasteiger charge is -2.37. The van der Waals surface area contributed by atoms with Crippen LogP contribution >= 0.6 is 0 Å². The molecule has 3 aromatic rings. The molecule has 7 heteroatoms. The van der Waals surface area contributed by atoms with Gasteiger partial charge in [0.25, 0.3) is 5.91 Å². The minimum absolute atomic E-state index is 0.199. The molecule has 1 aliphatic heterocycles. The highest BCUT2D eigenvalue weighted by Crippen LogP contribution is 2.39. The van der Waals surface area contributed by atoms with Crippen LogP contribution in [0.5, 0.6) is 5.75 Å². The van der Waals surface area contributed by atoms with Gasteiger partial charge >= 0.3 is 5.97 Å². The maximum absolute atomic E-state index is 13.0. The van der Waals surface area contributed by atoms with Gasteiger partial charge in [-0.1, -0.05) is 42.5 Å². The highest BCUT2D eigenvalue weighted by molar-refractivity contribution is 5.98. The fourth-order valence-electron chi connectivity index (χ4n) is 3.06. The number of para-hydroxylation sites is 2. The van der Waals surface area contributed by atoms with E-state index in [1.807, 2.05) is 54.6 Å². The summed E-state index contributed by atoms with van der Waals surface area (Å²) >= 11 is 0. The highest BCUT2D eigenvalue weighted by atomic mass is 16.5. The van der Waals surface area contributed by atoms with Crippen molar-refractivity contribution in [3.63, 3.8) is 0 Å². The van der Waals surface area contributed by atoms with E-state index in [-0.39, 0.29) is 24.2 Å². The predicted molar refractivity (Wildman–Crippen MR) is 97.5 cm³/mol. The lowest BCUT2D eigenvalue weighted by molar-refractivity contribution is -0.122. The van der Waals surface area contributed by atoms with E-state index in [0.29, 0.717) is 18.0 Å². The third-order valence-corrected chi connectivity index (χ3v) is 4.33. The van der Waals surface area contributed by atoms with Gasteiger partial charge in [-0.25, -0.2) is 4.79 Å². The van der Waals surface area contributed by atoms with Gasteiger partial charge in [0, 0.05) is 6.20 Å². The number of H-pyrrole nitrogens is 1. The molecule has 1 N–H and O–H groups in total. The number of nitrogens with one attached hydrogen (secondary N) is 1. The van der Waals surface area contributed by atoms with E-state index in [0.717, 1.165) is 5.56 Å². The Hall–Kier alpha value is -3.61. The average Bonchev–Trinajstić information content (AvgIpc) is 3.26. The molecule has 0 saturated heterocycles. The molecule has 0 spiro atoms. The third kappa shape index (κ3) is 3.39. The lowest BCUT2D eigenvalue weighted by atomic mass is 10.0. The molecular formula is C20H17N3O4. The molecule has 7 nitrogen and oxygen atoms in total. The zero-order valence-electron chi connectivity index (χ0n) is 14.4. The van der Waals surface area contributed by atoms with Gasteiger partial charge < -0.3 is 9.47 Å². The standard InChI is InChI=1S/C20H17N3O4/c24-19(13-27-20(25)15-10-11-21-22-15)23-16-8-4-5-9-18(16)26-12-17(23)14-6-2-1-3-7-14/h1-11,17H,12-13H2,(H,21,22)/t17-/m1/s1. The van der Waals surface area contributed by atoms with Crippen molar-refractivity contribution in [2.75, 3.05) is 18.1 Å². The quantitative estimate of drug-likeness (QED) is 0.721. The fraction of sp³-hybridized carbons (Fsp3) is 0.150. The summed E-state index contributed by atoms with van der Waals surface area (Å²) in [6, 6.07) is 18.1. The van der Waals surface area contributed by atoms with Gasteiger partial charge in [0.15, 0.2) is 6.61 Å². The lowest BCUT2D eigenvalue weighted by Crippen LogP contribution is -2.43. The number of anilines is 1. The Morgan fingerprint density at radius 2 is 1.89 bits per heavy atom. The number of nitrogens with zero attached hydrogens (tertiary/aromatic N) is 2. The van der Waals surface area contributed by atoms with Gasteiger partial charge in [-0.15, -0.1) is 0 Å². The maximum Gasteiger partial charge on any atom is 0.356 e. The Kier molecular flexibility index (Phi) is 4.57. The molecular weight excluding hydrogens is 346 g/mol. The molecule has 0 radical (unpaired) electrons. The highest BCUT2D eigenvalue weighted by Gasteiger charge is 2.33. The molecule has 0 unspecified atom stereocenters. The van der Waals surface area contributed by atoms with E-state index in [9.17, 15) is 9.59 Å². The second-order valence-electron chi connectivity index (χ2n) is 6.02. The molecule has 0 bridgehead atoms. The van der Waals surface area contributed by atoms with Crippen molar-refractivity contribution in [3.05, 3.63) is 78.1 Å². The van der Waals surface area contributed by atoms with Crippen LogP contribution in [0.4, 0.5) is 5.69 Å². The first-order chi connectivity index (χ1) is 13.2. The number of amides is 1. The average molecular weight is 363 g/mol. The summed E-state index contributed by atoms with van der Waals surface area (Å²) in [5, 5.41) is 6.22. The van der Waals surface area contributed by atoms with E-state index in [1.54, 1.807) is 4.90 Å². The Labute approximate surface area is 155 Å². The number of benzene rings is 2. The van der Waals surface area contributed by atoms with Crippen LogP contribution in [0.2, 0.25) is 0 Å². The van der Waals surface area contributed by atoms with Crippen LogP contribution in [0.3, 0.4) is 0 Å². The number of fused-ring (bicyclic) bond motifs is 1. The molecule has 0 aliphatic carbocycles. The van der Waals surface area contributed by atoms with Gasteiger partial charge in [0.1, 0.15) is 18.1 Å². The molecule has 1 aromatic heterocycles. The zero-order chi connectivity index (χ0) is 18.6. The molecule has 1 atom stereocenters. The van der Waals surface area contributed by atoms with Crippen molar-refractivity contribution in [2.24, 2.45) is 0 Å². The number of carbonyl (C=O) groups excluding carboxylic acids is 2. The van der Waals surface area contributed by atoms with Gasteiger partial charge in [0.2, 0.25) is 0 Å². The normalized spacial score (nSPS) is 15.6. The van der Waals surface area contributed by atoms with Crippen molar-refractivity contribution in [1.29, 1.82) is 0 Å². The largest absolute Gasteiger partial charge is 0.489 e. The van der Waals surface area contributed by atoms with Crippen LogP contribution in [0.1, 0.15) is 22.1 Å². The Bertz CT molecular complexity index is 941. The Balaban J connectivity index is 1.59. The van der Waals surface area contributed by atoms with Crippen molar-refractivity contribution in [3.8, 4) is 5.75 Å². The van der Waals surface area contributed by atoms with E-state index in [2.05, 4.69) is 10.2 Å². The number of hydrogen-bond donors (Lipinski definition) is 1. The molecule has 1 amide bonds. The number of rotatable bonds is 4. The van der Waals surface area contributed by atoms with Crippen LogP contribution in [0, 0.1) is 0 Å². The van der Waals surface area contributed by atoms with Crippen molar-refractivity contribution < 1.29 is 19.1 Å². The molecule has 136 valence electrons. The number of aromatic nitrogens is 2. The summed E-state index contributed by atoms with van der Waals surface area (Å²) in [5.41, 5.74) is 1.80. The van der Waals surface area contributed by atoms with E-state index >= 15 is 0 Å². The molecule has 2 heterocycles. The number of hydrogen-bond acceptors (Lipinski definition) is 5. The maximum atomic E-state index is 13.0. The van der Waals surface area contributed by atoms with E-state index in [4.69, 9.17) is 9.47 Å². The minimum atomic E-state index is -0.626. The first-order valence-electron chi connectivity index (χ1n) is 8.49. The zero-order valence-corrected chi connectivity index (χ0v) is 14.4. The van der Waals surface area contributed by atoms with Crippen LogP contribution in [0.15, 0.2) is 66.9 Å². The monoisotopic (exact) mass is 363 g/mol. The number of carbonyl (C=O) groups is 2. The second-order valence-corrected chi connectivity index (χ2v) is 6.02. The number of ether oxygens (including phenoxy) is 2. The summed E-state index contributed by atoms with van der Waals surface area (Å²) in [5.74, 6) is -0.330. The molecule has 1 aliphatic rings.